The highest BCUT2D eigenvalue weighted by Gasteiger charge is 2.11. The van der Waals surface area contributed by atoms with Crippen LogP contribution in [0, 0.1) is 13.8 Å². The molecule has 0 radical (unpaired) electrons. The monoisotopic (exact) mass is 196 g/mol. The zero-order chi connectivity index (χ0) is 10.7. The number of benzene rings is 1. The van der Waals surface area contributed by atoms with Gasteiger partial charge in [-0.1, -0.05) is 0 Å². The Morgan fingerprint density at radius 2 is 1.93 bits per heavy atom. The number of hydrogen-bond acceptors (Lipinski definition) is 3. The molecule has 78 valence electrons. The molecular formula is C11H16O3. The molecule has 0 unspecified atom stereocenters. The Bertz CT molecular complexity index is 332. The predicted molar refractivity (Wildman–Crippen MR) is 54.9 cm³/mol. The van der Waals surface area contributed by atoms with Crippen LogP contribution in [0.25, 0.3) is 0 Å². The fourth-order valence-electron chi connectivity index (χ4n) is 1.58. The van der Waals surface area contributed by atoms with Gasteiger partial charge in [0.2, 0.25) is 0 Å². The molecule has 0 atom stereocenters. The van der Waals surface area contributed by atoms with Gasteiger partial charge in [-0.15, -0.1) is 0 Å². The van der Waals surface area contributed by atoms with Gasteiger partial charge in [0.1, 0.15) is 0 Å². The molecule has 1 rings (SSSR count). The maximum absolute atomic E-state index is 9.62. The predicted octanol–water partition coefficient (Wildman–Crippen LogP) is 1.55. The van der Waals surface area contributed by atoms with E-state index in [-0.39, 0.29) is 12.4 Å². The van der Waals surface area contributed by atoms with Gasteiger partial charge in [0.25, 0.3) is 0 Å². The fraction of sp³-hybridized carbons (Fsp3) is 0.455. The summed E-state index contributed by atoms with van der Waals surface area (Å²) in [6.07, 6.45) is 0.560. The third-order valence-corrected chi connectivity index (χ3v) is 2.51. The van der Waals surface area contributed by atoms with Crippen LogP contribution >= 0.6 is 0 Å². The van der Waals surface area contributed by atoms with E-state index < -0.39 is 0 Å². The lowest BCUT2D eigenvalue weighted by molar-refractivity contribution is 0.299. The van der Waals surface area contributed by atoms with Crippen molar-refractivity contribution in [3.8, 4) is 11.5 Å². The van der Waals surface area contributed by atoms with Crippen LogP contribution in [0.2, 0.25) is 0 Å². The van der Waals surface area contributed by atoms with Gasteiger partial charge in [-0.2, -0.15) is 0 Å². The molecule has 0 aliphatic heterocycles. The number of phenolic OH excluding ortho intramolecular Hbond substituents is 1. The second-order valence-corrected chi connectivity index (χ2v) is 3.31. The van der Waals surface area contributed by atoms with Crippen LogP contribution in [0.5, 0.6) is 11.5 Å². The lowest BCUT2D eigenvalue weighted by Gasteiger charge is -2.13. The van der Waals surface area contributed by atoms with Crippen LogP contribution < -0.4 is 4.74 Å². The molecule has 0 fully saturated rings. The highest BCUT2D eigenvalue weighted by Crippen LogP contribution is 2.34. The van der Waals surface area contributed by atoms with Crippen molar-refractivity contribution in [2.45, 2.75) is 20.3 Å². The van der Waals surface area contributed by atoms with Crippen LogP contribution in [-0.4, -0.2) is 23.9 Å². The van der Waals surface area contributed by atoms with Crippen molar-refractivity contribution in [1.82, 2.24) is 0 Å². The Morgan fingerprint density at radius 3 is 2.43 bits per heavy atom. The third kappa shape index (κ3) is 1.82. The lowest BCUT2D eigenvalue weighted by atomic mass is 9.99. The zero-order valence-corrected chi connectivity index (χ0v) is 8.79. The average molecular weight is 196 g/mol. The maximum Gasteiger partial charge on any atom is 0.163 e. The Hall–Kier alpha value is -1.22. The van der Waals surface area contributed by atoms with Crippen LogP contribution in [0.4, 0.5) is 0 Å². The first-order valence-electron chi connectivity index (χ1n) is 4.58. The molecule has 3 nitrogen and oxygen atoms in total. The van der Waals surface area contributed by atoms with Crippen molar-refractivity contribution in [2.75, 3.05) is 13.7 Å². The molecule has 1 aromatic rings. The number of hydrogen-bond donors (Lipinski definition) is 2. The summed E-state index contributed by atoms with van der Waals surface area (Å²) >= 11 is 0. The van der Waals surface area contributed by atoms with Gasteiger partial charge in [-0.3, -0.25) is 0 Å². The topological polar surface area (TPSA) is 49.7 Å². The first-order chi connectivity index (χ1) is 6.61. The normalized spacial score (nSPS) is 10.3. The first kappa shape index (κ1) is 10.9. The molecule has 0 amide bonds. The second-order valence-electron chi connectivity index (χ2n) is 3.31. The molecule has 2 N–H and O–H groups in total. The minimum absolute atomic E-state index is 0.0893. The Morgan fingerprint density at radius 1 is 1.29 bits per heavy atom. The van der Waals surface area contributed by atoms with Gasteiger partial charge >= 0.3 is 0 Å². The van der Waals surface area contributed by atoms with E-state index in [9.17, 15) is 5.11 Å². The highest BCUT2D eigenvalue weighted by atomic mass is 16.5. The van der Waals surface area contributed by atoms with Gasteiger partial charge in [-0.05, 0) is 43.0 Å². The van der Waals surface area contributed by atoms with E-state index >= 15 is 0 Å². The summed E-state index contributed by atoms with van der Waals surface area (Å²) in [6, 6.07) is 1.65. The van der Waals surface area contributed by atoms with E-state index in [1.807, 2.05) is 13.8 Å². The van der Waals surface area contributed by atoms with Crippen LogP contribution in [0.15, 0.2) is 6.07 Å². The standard InChI is InChI=1S/C11H16O3/c1-7-8(2)11(14-3)10(13)6-9(7)4-5-12/h6,12-13H,4-5H2,1-3H3. The molecule has 1 aromatic carbocycles. The average Bonchev–Trinajstić information content (AvgIpc) is 2.15. The zero-order valence-electron chi connectivity index (χ0n) is 8.79. The number of methoxy groups -OCH3 is 1. The lowest BCUT2D eigenvalue weighted by Crippen LogP contribution is -1.99. The van der Waals surface area contributed by atoms with Gasteiger partial charge in [-0.25, -0.2) is 0 Å². The van der Waals surface area contributed by atoms with E-state index in [1.54, 1.807) is 6.07 Å². The van der Waals surface area contributed by atoms with Gasteiger partial charge in [0.05, 0.1) is 7.11 Å². The van der Waals surface area contributed by atoms with Crippen molar-refractivity contribution in [1.29, 1.82) is 0 Å². The quantitative estimate of drug-likeness (QED) is 0.771. The smallest absolute Gasteiger partial charge is 0.163 e. The molecule has 0 bridgehead atoms. The van der Waals surface area contributed by atoms with Crippen molar-refractivity contribution < 1.29 is 14.9 Å². The van der Waals surface area contributed by atoms with Crippen LogP contribution in [0.3, 0.4) is 0 Å². The molecule has 0 saturated carbocycles. The van der Waals surface area contributed by atoms with E-state index in [1.165, 1.54) is 7.11 Å². The largest absolute Gasteiger partial charge is 0.504 e. The molecule has 0 spiro atoms. The number of aliphatic hydroxyl groups excluding tert-OH is 1. The Labute approximate surface area is 84.0 Å². The van der Waals surface area contributed by atoms with Crippen LogP contribution in [-0.2, 0) is 6.42 Å². The SMILES string of the molecule is COc1c(O)cc(CCO)c(C)c1C. The van der Waals surface area contributed by atoms with E-state index in [2.05, 4.69) is 0 Å². The first-order valence-corrected chi connectivity index (χ1v) is 4.58. The molecule has 0 aromatic heterocycles. The van der Waals surface area contributed by atoms with Crippen molar-refractivity contribution in [3.05, 3.63) is 22.8 Å². The molecular weight excluding hydrogens is 180 g/mol. The molecule has 0 heterocycles. The number of ether oxygens (including phenoxy) is 1. The molecule has 0 saturated heterocycles. The van der Waals surface area contributed by atoms with Crippen LogP contribution in [0.1, 0.15) is 16.7 Å². The number of aromatic hydroxyl groups is 1. The van der Waals surface area contributed by atoms with Gasteiger partial charge in [0.15, 0.2) is 11.5 Å². The van der Waals surface area contributed by atoms with Crippen molar-refractivity contribution in [3.63, 3.8) is 0 Å². The summed E-state index contributed by atoms with van der Waals surface area (Å²) < 4.78 is 5.08. The van der Waals surface area contributed by atoms with Gasteiger partial charge < -0.3 is 14.9 Å². The molecule has 3 heteroatoms. The van der Waals surface area contributed by atoms with E-state index in [0.29, 0.717) is 12.2 Å². The minimum atomic E-state index is 0.0893. The summed E-state index contributed by atoms with van der Waals surface area (Å²) in [5.74, 6) is 0.656. The highest BCUT2D eigenvalue weighted by molar-refractivity contribution is 5.52. The molecule has 0 aliphatic rings. The van der Waals surface area contributed by atoms with Crippen molar-refractivity contribution >= 4 is 0 Å². The number of phenols is 1. The van der Waals surface area contributed by atoms with E-state index in [4.69, 9.17) is 9.84 Å². The summed E-state index contributed by atoms with van der Waals surface area (Å²) in [5.41, 5.74) is 2.95. The maximum atomic E-state index is 9.62. The molecule has 0 aliphatic carbocycles. The fourth-order valence-corrected chi connectivity index (χ4v) is 1.58. The Balaban J connectivity index is 3.25. The second kappa shape index (κ2) is 4.33. The molecule has 14 heavy (non-hydrogen) atoms. The summed E-state index contributed by atoms with van der Waals surface area (Å²) in [7, 11) is 1.53. The third-order valence-electron chi connectivity index (χ3n) is 2.51. The summed E-state index contributed by atoms with van der Waals surface area (Å²) in [5, 5.41) is 18.5. The minimum Gasteiger partial charge on any atom is -0.504 e. The van der Waals surface area contributed by atoms with Gasteiger partial charge in [0, 0.05) is 6.61 Å². The van der Waals surface area contributed by atoms with Crippen molar-refractivity contribution in [2.24, 2.45) is 0 Å². The number of rotatable bonds is 3. The Kier molecular flexibility index (Phi) is 3.36. The number of aliphatic hydroxyl groups is 1. The summed E-state index contributed by atoms with van der Waals surface area (Å²) in [4.78, 5) is 0. The van der Waals surface area contributed by atoms with E-state index in [0.717, 1.165) is 16.7 Å². The summed E-state index contributed by atoms with van der Waals surface area (Å²) in [6.45, 7) is 3.95.